The van der Waals surface area contributed by atoms with Crippen LogP contribution in [0.4, 0.5) is 20.2 Å². The molecule has 0 saturated carbocycles. The number of benzene rings is 1. The standard InChI is InChI=1S/C19H16F2N4S2/c20-12-7-15-18(24-9-26-15)16(21)17(12)25-13-3-5-23-19-11(13)6-14(27-19)10-2-1-4-22-8-10/h3,5-7,9-10,22H,1-2,4,8H2,(H,23,25). The monoisotopic (exact) mass is 402 g/mol. The van der Waals surface area contributed by atoms with Crippen LogP contribution >= 0.6 is 22.7 Å². The number of thiophene rings is 1. The van der Waals surface area contributed by atoms with E-state index in [1.807, 2.05) is 0 Å². The van der Waals surface area contributed by atoms with Crippen molar-refractivity contribution >= 4 is 54.5 Å². The van der Waals surface area contributed by atoms with Crippen LogP contribution in [-0.4, -0.2) is 23.1 Å². The minimum absolute atomic E-state index is 0.173. The summed E-state index contributed by atoms with van der Waals surface area (Å²) in [7, 11) is 0. The zero-order valence-electron chi connectivity index (χ0n) is 14.3. The fourth-order valence-corrected chi connectivity index (χ4v) is 5.40. The highest BCUT2D eigenvalue weighted by atomic mass is 32.1. The van der Waals surface area contributed by atoms with Crippen LogP contribution in [0.25, 0.3) is 20.4 Å². The minimum Gasteiger partial charge on any atom is -0.350 e. The lowest BCUT2D eigenvalue weighted by atomic mass is 9.98. The number of hydrogen-bond acceptors (Lipinski definition) is 6. The molecule has 4 nitrogen and oxygen atoms in total. The number of nitrogens with one attached hydrogen (secondary N) is 2. The van der Waals surface area contributed by atoms with Gasteiger partial charge in [-0.1, -0.05) is 0 Å². The second kappa shape index (κ2) is 6.78. The van der Waals surface area contributed by atoms with Crippen molar-refractivity contribution in [2.75, 3.05) is 18.4 Å². The molecule has 1 fully saturated rings. The van der Waals surface area contributed by atoms with Gasteiger partial charge in [-0.2, -0.15) is 0 Å². The Balaban J connectivity index is 1.56. The maximum absolute atomic E-state index is 14.8. The number of thiazole rings is 1. The first-order valence-corrected chi connectivity index (χ1v) is 10.5. The number of halogens is 2. The molecule has 0 radical (unpaired) electrons. The summed E-state index contributed by atoms with van der Waals surface area (Å²) in [6, 6.07) is 5.18. The molecule has 8 heteroatoms. The molecule has 1 unspecified atom stereocenters. The third-order valence-corrected chi connectivity index (χ3v) is 6.91. The smallest absolute Gasteiger partial charge is 0.176 e. The van der Waals surface area contributed by atoms with Crippen LogP contribution in [0, 0.1) is 11.6 Å². The van der Waals surface area contributed by atoms with Crippen molar-refractivity contribution in [1.82, 2.24) is 15.3 Å². The van der Waals surface area contributed by atoms with Gasteiger partial charge in [-0.3, -0.25) is 0 Å². The predicted octanol–water partition coefficient (Wildman–Crippen LogP) is 5.39. The average molecular weight is 402 g/mol. The number of fused-ring (bicyclic) bond motifs is 2. The van der Waals surface area contributed by atoms with Crippen molar-refractivity contribution in [3.63, 3.8) is 0 Å². The summed E-state index contributed by atoms with van der Waals surface area (Å²) in [4.78, 5) is 10.6. The van der Waals surface area contributed by atoms with Crippen LogP contribution in [0.15, 0.2) is 29.9 Å². The fourth-order valence-electron chi connectivity index (χ4n) is 3.55. The normalized spacial score (nSPS) is 17.6. The van der Waals surface area contributed by atoms with Crippen LogP contribution < -0.4 is 10.6 Å². The lowest BCUT2D eigenvalue weighted by molar-refractivity contribution is 0.466. The molecule has 5 rings (SSSR count). The molecule has 27 heavy (non-hydrogen) atoms. The van der Waals surface area contributed by atoms with Crippen molar-refractivity contribution in [3.05, 3.63) is 46.4 Å². The van der Waals surface area contributed by atoms with Gasteiger partial charge in [-0.05, 0) is 37.6 Å². The average Bonchev–Trinajstić information content (AvgIpc) is 3.33. The Kier molecular flexibility index (Phi) is 4.26. The number of nitrogens with zero attached hydrogens (tertiary/aromatic N) is 2. The Morgan fingerprint density at radius 2 is 2.15 bits per heavy atom. The van der Waals surface area contributed by atoms with Crippen molar-refractivity contribution < 1.29 is 8.78 Å². The SMILES string of the molecule is Fc1cc2scnc2c(F)c1Nc1ccnc2sc(C3CCCNC3)cc12. The van der Waals surface area contributed by atoms with Crippen LogP contribution in [0.2, 0.25) is 0 Å². The summed E-state index contributed by atoms with van der Waals surface area (Å²) >= 11 is 2.87. The van der Waals surface area contributed by atoms with E-state index in [0.29, 0.717) is 16.3 Å². The van der Waals surface area contributed by atoms with Gasteiger partial charge in [0.1, 0.15) is 16.0 Å². The molecular formula is C19H16F2N4S2. The summed E-state index contributed by atoms with van der Waals surface area (Å²) in [6.07, 6.45) is 3.97. The first-order chi connectivity index (χ1) is 13.2. The number of pyridine rings is 1. The van der Waals surface area contributed by atoms with E-state index in [-0.39, 0.29) is 11.2 Å². The number of rotatable bonds is 3. The molecule has 1 aliphatic heterocycles. The first kappa shape index (κ1) is 17.0. The summed E-state index contributed by atoms with van der Waals surface area (Å²) in [5.41, 5.74) is 2.19. The predicted molar refractivity (Wildman–Crippen MR) is 107 cm³/mol. The molecule has 138 valence electrons. The molecule has 4 heterocycles. The Labute approximate surface area is 162 Å². The molecule has 1 atom stereocenters. The third-order valence-electron chi connectivity index (χ3n) is 4.93. The summed E-state index contributed by atoms with van der Waals surface area (Å²) < 4.78 is 29.8. The minimum atomic E-state index is -0.664. The highest BCUT2D eigenvalue weighted by Gasteiger charge is 2.20. The Morgan fingerprint density at radius 3 is 3.00 bits per heavy atom. The van der Waals surface area contributed by atoms with Gasteiger partial charge in [-0.15, -0.1) is 22.7 Å². The molecule has 3 aromatic heterocycles. The number of anilines is 2. The lowest BCUT2D eigenvalue weighted by Gasteiger charge is -2.21. The van der Waals surface area contributed by atoms with Crippen LogP contribution in [0.1, 0.15) is 23.6 Å². The molecule has 0 bridgehead atoms. The summed E-state index contributed by atoms with van der Waals surface area (Å²) in [6.45, 7) is 2.02. The molecule has 0 amide bonds. The quantitative estimate of drug-likeness (QED) is 0.482. The van der Waals surface area contributed by atoms with E-state index in [1.165, 1.54) is 27.8 Å². The Hall–Kier alpha value is -2.16. The van der Waals surface area contributed by atoms with Gasteiger partial charge in [-0.25, -0.2) is 18.7 Å². The van der Waals surface area contributed by atoms with Gasteiger partial charge in [0.2, 0.25) is 0 Å². The van der Waals surface area contributed by atoms with Gasteiger partial charge in [0.25, 0.3) is 0 Å². The number of aromatic nitrogens is 2. The van der Waals surface area contributed by atoms with Crippen molar-refractivity contribution in [2.24, 2.45) is 0 Å². The van der Waals surface area contributed by atoms with E-state index in [4.69, 9.17) is 0 Å². The van der Waals surface area contributed by atoms with E-state index in [1.54, 1.807) is 23.6 Å². The van der Waals surface area contributed by atoms with Gasteiger partial charge in [0, 0.05) is 28.9 Å². The second-order valence-electron chi connectivity index (χ2n) is 6.64. The van der Waals surface area contributed by atoms with E-state index in [0.717, 1.165) is 36.1 Å². The molecule has 0 aliphatic carbocycles. The van der Waals surface area contributed by atoms with Crippen molar-refractivity contribution in [3.8, 4) is 0 Å². The molecule has 1 saturated heterocycles. The van der Waals surface area contributed by atoms with E-state index in [9.17, 15) is 8.78 Å². The molecule has 1 aliphatic rings. The van der Waals surface area contributed by atoms with Gasteiger partial charge in [0.15, 0.2) is 11.6 Å². The van der Waals surface area contributed by atoms with Crippen LogP contribution in [0.5, 0.6) is 0 Å². The van der Waals surface area contributed by atoms with E-state index < -0.39 is 11.6 Å². The molecule has 1 aromatic carbocycles. The van der Waals surface area contributed by atoms with E-state index in [2.05, 4.69) is 26.7 Å². The molecule has 2 N–H and O–H groups in total. The number of hydrogen-bond donors (Lipinski definition) is 2. The highest BCUT2D eigenvalue weighted by molar-refractivity contribution is 7.18. The highest BCUT2D eigenvalue weighted by Crippen LogP contribution is 2.38. The molecule has 0 spiro atoms. The van der Waals surface area contributed by atoms with E-state index >= 15 is 0 Å². The second-order valence-corrected chi connectivity index (χ2v) is 8.59. The summed E-state index contributed by atoms with van der Waals surface area (Å²) in [5, 5.41) is 7.26. The van der Waals surface area contributed by atoms with Crippen molar-refractivity contribution in [2.45, 2.75) is 18.8 Å². The zero-order chi connectivity index (χ0) is 18.4. The largest absolute Gasteiger partial charge is 0.350 e. The maximum Gasteiger partial charge on any atom is 0.176 e. The van der Waals surface area contributed by atoms with Gasteiger partial charge < -0.3 is 10.6 Å². The molecular weight excluding hydrogens is 386 g/mol. The van der Waals surface area contributed by atoms with Gasteiger partial charge in [0.05, 0.1) is 15.9 Å². The number of piperidine rings is 1. The molecule has 4 aromatic rings. The fraction of sp³-hybridized carbons (Fsp3) is 0.263. The Bertz CT molecular complexity index is 1130. The van der Waals surface area contributed by atoms with Crippen molar-refractivity contribution in [1.29, 1.82) is 0 Å². The Morgan fingerprint density at radius 1 is 1.22 bits per heavy atom. The summed E-state index contributed by atoms with van der Waals surface area (Å²) in [5.74, 6) is -0.824. The third kappa shape index (κ3) is 2.97. The maximum atomic E-state index is 14.8. The lowest BCUT2D eigenvalue weighted by Crippen LogP contribution is -2.27. The van der Waals surface area contributed by atoms with Crippen LogP contribution in [-0.2, 0) is 0 Å². The zero-order valence-corrected chi connectivity index (χ0v) is 15.9. The van der Waals surface area contributed by atoms with Crippen LogP contribution in [0.3, 0.4) is 0 Å². The van der Waals surface area contributed by atoms with Gasteiger partial charge >= 0.3 is 0 Å². The first-order valence-electron chi connectivity index (χ1n) is 8.78. The topological polar surface area (TPSA) is 49.8 Å².